The minimum Gasteiger partial charge on any atom is -0.469 e. The largest absolute Gasteiger partial charge is 0.469 e. The summed E-state index contributed by atoms with van der Waals surface area (Å²) in [5.41, 5.74) is 4.21. The number of carbonyl (C=O) groups excluding carboxylic acids is 1. The van der Waals surface area contributed by atoms with Crippen molar-refractivity contribution in [3.63, 3.8) is 0 Å². The first-order chi connectivity index (χ1) is 18.0. The second-order valence-electron chi connectivity index (χ2n) is 10.1. The molecule has 0 saturated heterocycles. The number of carbonyl (C=O) groups is 1. The number of aliphatic hydroxyl groups excluding tert-OH is 1. The molecule has 1 aliphatic heterocycles. The van der Waals surface area contributed by atoms with Crippen LogP contribution in [-0.2, 0) is 27.3 Å². The molecule has 2 aliphatic rings. The number of hydrogen-bond donors (Lipinski definition) is 2. The lowest BCUT2D eigenvalue weighted by atomic mass is 9.67. The highest BCUT2D eigenvalue weighted by Gasteiger charge is 2.46. The Bertz CT molecular complexity index is 1280. The summed E-state index contributed by atoms with van der Waals surface area (Å²) in [5, 5.41) is 22.0. The highest BCUT2D eigenvalue weighted by atomic mass is 79.9. The Balaban J connectivity index is 1.58. The first-order valence-corrected chi connectivity index (χ1v) is 13.6. The molecule has 5 rings (SSSR count). The number of rotatable bonds is 4. The van der Waals surface area contributed by atoms with Gasteiger partial charge in [0.2, 0.25) is 0 Å². The summed E-state index contributed by atoms with van der Waals surface area (Å²) in [5.74, 6) is -1.18. The quantitative estimate of drug-likeness (QED) is 0.337. The van der Waals surface area contributed by atoms with E-state index in [4.69, 9.17) is 9.47 Å². The van der Waals surface area contributed by atoms with Crippen LogP contribution in [0.5, 0.6) is 0 Å². The maximum Gasteiger partial charge on any atom is 0.311 e. The highest BCUT2D eigenvalue weighted by molar-refractivity contribution is 9.10. The van der Waals surface area contributed by atoms with Gasteiger partial charge in [0.05, 0.1) is 31.8 Å². The van der Waals surface area contributed by atoms with E-state index >= 15 is 0 Å². The number of benzene rings is 2. The number of aromatic amines is 1. The van der Waals surface area contributed by atoms with E-state index in [1.54, 1.807) is 4.90 Å². The van der Waals surface area contributed by atoms with Gasteiger partial charge in [-0.05, 0) is 66.8 Å². The predicted molar refractivity (Wildman–Crippen MR) is 143 cm³/mol. The summed E-state index contributed by atoms with van der Waals surface area (Å²) in [4.78, 5) is 18.3. The topological polar surface area (TPSA) is 98.6 Å². The van der Waals surface area contributed by atoms with Crippen molar-refractivity contribution in [1.82, 2.24) is 9.88 Å². The van der Waals surface area contributed by atoms with Crippen LogP contribution in [0.15, 0.2) is 53.0 Å². The molecule has 8 heteroatoms. The number of hydrogen-bond acceptors (Lipinski definition) is 6. The van der Waals surface area contributed by atoms with E-state index in [-0.39, 0.29) is 17.9 Å². The molecular formula is C29H32BrN3O4. The molecule has 1 saturated carbocycles. The van der Waals surface area contributed by atoms with E-state index in [9.17, 15) is 15.2 Å². The number of ether oxygens (including phenoxy) is 2. The number of esters is 1. The Morgan fingerprint density at radius 3 is 2.76 bits per heavy atom. The van der Waals surface area contributed by atoms with Crippen LogP contribution in [0, 0.1) is 29.2 Å². The lowest BCUT2D eigenvalue weighted by Crippen LogP contribution is -2.47. The molecule has 0 amide bonds. The van der Waals surface area contributed by atoms with E-state index in [0.29, 0.717) is 39.0 Å². The fourth-order valence-corrected chi connectivity index (χ4v) is 6.43. The molecule has 1 aliphatic carbocycles. The number of H-pyrrole nitrogens is 1. The Labute approximate surface area is 225 Å². The number of nitrogens with one attached hydrogen (secondary N) is 1. The fourth-order valence-electron chi connectivity index (χ4n) is 6.16. The van der Waals surface area contributed by atoms with Crippen LogP contribution in [-0.4, -0.2) is 47.3 Å². The van der Waals surface area contributed by atoms with Crippen LogP contribution >= 0.6 is 15.9 Å². The Morgan fingerprint density at radius 2 is 2.00 bits per heavy atom. The first kappa shape index (κ1) is 25.8. The second-order valence-corrected chi connectivity index (χ2v) is 11.1. The van der Waals surface area contributed by atoms with E-state index in [1.807, 2.05) is 36.4 Å². The summed E-state index contributed by atoms with van der Waals surface area (Å²) in [6.07, 6.45) is 3.79. The van der Waals surface area contributed by atoms with Gasteiger partial charge in [-0.25, -0.2) is 0 Å². The summed E-state index contributed by atoms with van der Waals surface area (Å²) in [6, 6.07) is 16.2. The zero-order valence-electron chi connectivity index (χ0n) is 20.9. The number of halogens is 1. The molecule has 5 atom stereocenters. The zero-order valence-corrected chi connectivity index (χ0v) is 22.5. The van der Waals surface area contributed by atoms with Gasteiger partial charge in [-0.15, -0.1) is 0 Å². The summed E-state index contributed by atoms with van der Waals surface area (Å²) in [6.45, 7) is 1.55. The smallest absolute Gasteiger partial charge is 0.311 e. The van der Waals surface area contributed by atoms with Gasteiger partial charge in [-0.2, -0.15) is 5.26 Å². The molecule has 2 heterocycles. The van der Waals surface area contributed by atoms with Gasteiger partial charge in [0, 0.05) is 34.2 Å². The molecule has 2 N–H and O–H groups in total. The number of para-hydroxylation sites is 1. The molecule has 1 aromatic heterocycles. The molecule has 0 spiro atoms. The fraction of sp³-hybridized carbons (Fsp3) is 0.448. The van der Waals surface area contributed by atoms with Crippen molar-refractivity contribution in [2.24, 2.45) is 17.8 Å². The number of aromatic nitrogens is 1. The molecule has 1 fully saturated rings. The van der Waals surface area contributed by atoms with Crippen molar-refractivity contribution >= 4 is 32.8 Å². The van der Waals surface area contributed by atoms with Crippen LogP contribution < -0.4 is 0 Å². The summed E-state index contributed by atoms with van der Waals surface area (Å²) >= 11 is 3.49. The van der Waals surface area contributed by atoms with Gasteiger partial charge in [-0.1, -0.05) is 46.3 Å². The van der Waals surface area contributed by atoms with Crippen LogP contribution in [0.2, 0.25) is 0 Å². The molecule has 0 bridgehead atoms. The number of fused-ring (bicyclic) bond motifs is 4. The Hall–Kier alpha value is -2.86. The Morgan fingerprint density at radius 1 is 1.22 bits per heavy atom. The van der Waals surface area contributed by atoms with Gasteiger partial charge in [-0.3, -0.25) is 4.79 Å². The van der Waals surface area contributed by atoms with E-state index in [0.717, 1.165) is 38.6 Å². The molecule has 37 heavy (non-hydrogen) atoms. The van der Waals surface area contributed by atoms with Crippen molar-refractivity contribution in [2.45, 2.75) is 44.5 Å². The standard InChI is InChI=1S/C29H32BrN3O4/c1-36-29(35)27-23-14-26(37-16-18-6-9-20(30)10-7-18)28-22(21-4-2-3-5-24(21)32-28)12-13-33(17-31)15-19(23)8-11-25(27)34/h2-7,9-10,19,23,25-27,32,34H,8,11-16H2,1H3/t19-,23-,25-,26+,27+/m0/s1. The van der Waals surface area contributed by atoms with Gasteiger partial charge >= 0.3 is 5.97 Å². The van der Waals surface area contributed by atoms with Crippen molar-refractivity contribution in [3.05, 3.63) is 69.8 Å². The molecule has 2 aromatic carbocycles. The van der Waals surface area contributed by atoms with Crippen LogP contribution in [0.4, 0.5) is 0 Å². The maximum absolute atomic E-state index is 12.9. The SMILES string of the molecule is COC(=O)[C@@H]1[C@H]2C[C@@H](OCc3ccc(Br)cc3)c3[nH]c4ccccc4c3CCN(C#N)C[C@@H]2CC[C@@H]1O. The molecule has 0 unspecified atom stereocenters. The van der Waals surface area contributed by atoms with Crippen LogP contribution in [0.25, 0.3) is 10.9 Å². The number of methoxy groups -OCH3 is 1. The minimum atomic E-state index is -0.776. The number of nitriles is 1. The average Bonchev–Trinajstić information content (AvgIpc) is 3.29. The summed E-state index contributed by atoms with van der Waals surface area (Å²) < 4.78 is 12.8. The Kier molecular flexibility index (Phi) is 7.84. The molecule has 7 nitrogen and oxygen atoms in total. The highest BCUT2D eigenvalue weighted by Crippen LogP contribution is 2.44. The molecular weight excluding hydrogens is 534 g/mol. The van der Waals surface area contributed by atoms with E-state index < -0.39 is 18.0 Å². The average molecular weight is 566 g/mol. The normalized spacial score (nSPS) is 26.1. The second kappa shape index (κ2) is 11.3. The van der Waals surface area contributed by atoms with E-state index in [1.165, 1.54) is 7.11 Å². The van der Waals surface area contributed by atoms with Crippen molar-refractivity contribution < 1.29 is 19.4 Å². The lowest BCUT2D eigenvalue weighted by molar-refractivity contribution is -0.158. The van der Waals surface area contributed by atoms with Gasteiger partial charge in [0.15, 0.2) is 6.19 Å². The zero-order chi connectivity index (χ0) is 25.9. The van der Waals surface area contributed by atoms with Gasteiger partial charge in [0.25, 0.3) is 0 Å². The predicted octanol–water partition coefficient (Wildman–Crippen LogP) is 5.09. The first-order valence-electron chi connectivity index (χ1n) is 12.8. The molecule has 3 aromatic rings. The van der Waals surface area contributed by atoms with Crippen molar-refractivity contribution in [1.29, 1.82) is 5.26 Å². The third-order valence-electron chi connectivity index (χ3n) is 8.04. The van der Waals surface area contributed by atoms with Crippen LogP contribution in [0.3, 0.4) is 0 Å². The van der Waals surface area contributed by atoms with Crippen molar-refractivity contribution in [3.8, 4) is 6.19 Å². The third-order valence-corrected chi connectivity index (χ3v) is 8.56. The number of aliphatic hydroxyl groups is 1. The molecule has 194 valence electrons. The maximum atomic E-state index is 12.9. The lowest BCUT2D eigenvalue weighted by Gasteiger charge is -2.42. The third kappa shape index (κ3) is 5.40. The molecule has 0 radical (unpaired) electrons. The number of nitrogens with zero attached hydrogens (tertiary/aromatic N) is 2. The summed E-state index contributed by atoms with van der Waals surface area (Å²) in [7, 11) is 1.37. The van der Waals surface area contributed by atoms with Crippen LogP contribution in [0.1, 0.15) is 42.2 Å². The van der Waals surface area contributed by atoms with Gasteiger partial charge in [0.1, 0.15) is 0 Å². The minimum absolute atomic E-state index is 0.0665. The monoisotopic (exact) mass is 565 g/mol. The van der Waals surface area contributed by atoms with Crippen molar-refractivity contribution in [2.75, 3.05) is 20.2 Å². The van der Waals surface area contributed by atoms with Gasteiger partial charge < -0.3 is 24.5 Å². The van der Waals surface area contributed by atoms with E-state index in [2.05, 4.69) is 39.2 Å².